The third-order valence-corrected chi connectivity index (χ3v) is 5.17. The Morgan fingerprint density at radius 3 is 2.22 bits per heavy atom. The molecular formula is C22H21F9N2O3. The van der Waals surface area contributed by atoms with Gasteiger partial charge in [-0.2, -0.15) is 26.3 Å². The van der Waals surface area contributed by atoms with Gasteiger partial charge in [0.2, 0.25) is 0 Å². The molecule has 36 heavy (non-hydrogen) atoms. The molecule has 1 aromatic carbocycles. The Hall–Kier alpha value is -3.32. The molecule has 0 radical (unpaired) electrons. The predicted molar refractivity (Wildman–Crippen MR) is 111 cm³/mol. The molecular weight excluding hydrogens is 511 g/mol. The van der Waals surface area contributed by atoms with E-state index in [1.807, 2.05) is 0 Å². The highest BCUT2D eigenvalue weighted by Gasteiger charge is 2.42. The van der Waals surface area contributed by atoms with E-state index < -0.39 is 59.4 Å². The summed E-state index contributed by atoms with van der Waals surface area (Å²) in [6.45, 7) is 4.96. The molecule has 14 heteroatoms. The van der Waals surface area contributed by atoms with Crippen molar-refractivity contribution in [1.29, 1.82) is 0 Å². The quantitative estimate of drug-likeness (QED) is 0.307. The molecule has 0 aromatic heterocycles. The minimum absolute atomic E-state index is 0.0876. The molecule has 1 heterocycles. The van der Waals surface area contributed by atoms with Gasteiger partial charge in [0.1, 0.15) is 11.9 Å². The highest BCUT2D eigenvalue weighted by atomic mass is 19.4. The van der Waals surface area contributed by atoms with Gasteiger partial charge < -0.3 is 14.8 Å². The number of alkyl halides is 9. The number of nitrogens with zero attached hydrogens (tertiary/aromatic N) is 1. The topological polar surface area (TPSA) is 50.8 Å². The van der Waals surface area contributed by atoms with E-state index in [2.05, 4.69) is 16.6 Å². The van der Waals surface area contributed by atoms with Crippen LogP contribution < -0.4 is 10.1 Å². The molecule has 0 saturated carbocycles. The number of hydrogen-bond acceptors (Lipinski definition) is 4. The summed E-state index contributed by atoms with van der Waals surface area (Å²) in [6, 6.07) is 2.36. The lowest BCUT2D eigenvalue weighted by Crippen LogP contribution is -2.34. The van der Waals surface area contributed by atoms with E-state index in [-0.39, 0.29) is 18.2 Å². The number of hydrogen-bond donors (Lipinski definition) is 1. The summed E-state index contributed by atoms with van der Waals surface area (Å²) in [5, 5.41) is 2.73. The van der Waals surface area contributed by atoms with Gasteiger partial charge in [-0.25, -0.2) is 4.79 Å². The number of cyclic esters (lactones) is 1. The zero-order valence-electron chi connectivity index (χ0n) is 19.0. The summed E-state index contributed by atoms with van der Waals surface area (Å²) in [4.78, 5) is 13.5. The van der Waals surface area contributed by atoms with Crippen LogP contribution in [0.15, 0.2) is 53.6 Å². The van der Waals surface area contributed by atoms with Crippen LogP contribution in [-0.4, -0.2) is 48.9 Å². The highest BCUT2D eigenvalue weighted by molar-refractivity contribution is 5.72. The molecule has 1 saturated heterocycles. The molecule has 1 aliphatic heterocycles. The summed E-state index contributed by atoms with van der Waals surface area (Å²) in [7, 11) is 1.47. The first kappa shape index (κ1) is 28.9. The normalized spacial score (nSPS) is 19.9. The van der Waals surface area contributed by atoms with E-state index in [4.69, 9.17) is 4.74 Å². The van der Waals surface area contributed by atoms with Crippen molar-refractivity contribution in [2.45, 2.75) is 51.3 Å². The summed E-state index contributed by atoms with van der Waals surface area (Å²) in [5.74, 6) is -0.567. The number of carbonyl (C=O) groups excluding carboxylic acids is 1. The van der Waals surface area contributed by atoms with E-state index in [0.717, 1.165) is 17.0 Å². The zero-order valence-corrected chi connectivity index (χ0v) is 19.0. The molecule has 200 valence electrons. The van der Waals surface area contributed by atoms with Crippen molar-refractivity contribution < 1.29 is 53.8 Å². The second-order valence-electron chi connectivity index (χ2n) is 7.79. The van der Waals surface area contributed by atoms with Gasteiger partial charge in [0.15, 0.2) is 0 Å². The average Bonchev–Trinajstić information content (AvgIpc) is 2.99. The highest BCUT2D eigenvalue weighted by Crippen LogP contribution is 2.35. The van der Waals surface area contributed by atoms with Crippen molar-refractivity contribution in [2.24, 2.45) is 0 Å². The fourth-order valence-corrected chi connectivity index (χ4v) is 3.33. The lowest BCUT2D eigenvalue weighted by Gasteiger charge is -2.23. The number of amides is 1. The van der Waals surface area contributed by atoms with Crippen LogP contribution in [0.4, 0.5) is 50.0 Å². The summed E-state index contributed by atoms with van der Waals surface area (Å²) in [5.41, 5.74) is -3.08. The third kappa shape index (κ3) is 7.34. The van der Waals surface area contributed by atoms with Crippen LogP contribution in [0.25, 0.3) is 0 Å². The van der Waals surface area contributed by atoms with E-state index in [9.17, 15) is 44.3 Å². The SMILES string of the molecule is C=C(/C=C(\C=C(/C)C(F)(F)F)C(F)(F)F)[C@H]1OC(=O)N(Cc2cc(OC(F)(F)F)ccc2NC)[C@H]1C. The molecule has 2 rings (SSSR count). The molecule has 5 nitrogen and oxygen atoms in total. The van der Waals surface area contributed by atoms with Crippen molar-refractivity contribution in [3.05, 3.63) is 59.2 Å². The minimum atomic E-state index is -5.17. The van der Waals surface area contributed by atoms with Gasteiger partial charge >= 0.3 is 24.8 Å². The standard InChI is InChI=1S/C22H21F9N2O3/c1-11(7-15(21(26,27)28)8-12(2)20(23,24)25)18-13(3)33(19(34)35-18)10-14-9-16(36-22(29,30)31)5-6-17(14)32-4/h5-9,13,18,32H,1,10H2,2-4H3/b12-8+,15-7+/t13-,18+/m0/s1. The van der Waals surface area contributed by atoms with Gasteiger partial charge in [0.05, 0.1) is 18.2 Å². The fourth-order valence-electron chi connectivity index (χ4n) is 3.33. The lowest BCUT2D eigenvalue weighted by atomic mass is 10.0. The maximum absolute atomic E-state index is 13.4. The van der Waals surface area contributed by atoms with Crippen molar-refractivity contribution in [1.82, 2.24) is 4.90 Å². The molecule has 0 aliphatic carbocycles. The van der Waals surface area contributed by atoms with E-state index in [1.165, 1.54) is 20.0 Å². The van der Waals surface area contributed by atoms with E-state index in [0.29, 0.717) is 18.7 Å². The van der Waals surface area contributed by atoms with Crippen LogP contribution in [0.3, 0.4) is 0 Å². The average molecular weight is 532 g/mol. The fraction of sp³-hybridized carbons (Fsp3) is 0.409. The van der Waals surface area contributed by atoms with Crippen LogP contribution in [-0.2, 0) is 11.3 Å². The Morgan fingerprint density at radius 2 is 1.72 bits per heavy atom. The predicted octanol–water partition coefficient (Wildman–Crippen LogP) is 6.89. The first-order valence-electron chi connectivity index (χ1n) is 10.1. The Bertz CT molecular complexity index is 1060. The Balaban J connectivity index is 2.33. The van der Waals surface area contributed by atoms with Gasteiger partial charge in [-0.15, -0.1) is 13.2 Å². The monoisotopic (exact) mass is 532 g/mol. The first-order chi connectivity index (χ1) is 16.3. The molecule has 0 unspecified atom stereocenters. The number of carbonyl (C=O) groups is 1. The zero-order chi connectivity index (χ0) is 27.6. The maximum atomic E-state index is 13.4. The minimum Gasteiger partial charge on any atom is -0.439 e. The van der Waals surface area contributed by atoms with Crippen molar-refractivity contribution in [3.63, 3.8) is 0 Å². The number of ether oxygens (including phenoxy) is 2. The van der Waals surface area contributed by atoms with Crippen LogP contribution in [0.1, 0.15) is 19.4 Å². The number of halogens is 9. The Labute approximate surface area is 199 Å². The molecule has 1 fully saturated rings. The molecule has 0 spiro atoms. The van der Waals surface area contributed by atoms with Crippen molar-refractivity contribution in [3.8, 4) is 5.75 Å². The van der Waals surface area contributed by atoms with Gasteiger partial charge in [-0.1, -0.05) is 6.58 Å². The van der Waals surface area contributed by atoms with Gasteiger partial charge in [-0.3, -0.25) is 4.90 Å². The first-order valence-corrected chi connectivity index (χ1v) is 10.1. The van der Waals surface area contributed by atoms with E-state index >= 15 is 0 Å². The number of benzene rings is 1. The van der Waals surface area contributed by atoms with Crippen LogP contribution in [0.2, 0.25) is 0 Å². The maximum Gasteiger partial charge on any atom is 0.573 e. The smallest absolute Gasteiger partial charge is 0.439 e. The van der Waals surface area contributed by atoms with Gasteiger partial charge in [-0.05, 0) is 55.3 Å². The Morgan fingerprint density at radius 1 is 1.11 bits per heavy atom. The van der Waals surface area contributed by atoms with Crippen molar-refractivity contribution in [2.75, 3.05) is 12.4 Å². The molecule has 0 bridgehead atoms. The van der Waals surface area contributed by atoms with Crippen LogP contribution in [0, 0.1) is 0 Å². The third-order valence-electron chi connectivity index (χ3n) is 5.17. The number of allylic oxidation sites excluding steroid dienone is 3. The number of nitrogens with one attached hydrogen (secondary N) is 1. The lowest BCUT2D eigenvalue weighted by molar-refractivity contribution is -0.274. The number of rotatable bonds is 7. The summed E-state index contributed by atoms with van der Waals surface area (Å²) in [6.07, 6.45) is -17.3. The molecule has 1 N–H and O–H groups in total. The van der Waals surface area contributed by atoms with Gasteiger partial charge in [0, 0.05) is 18.3 Å². The van der Waals surface area contributed by atoms with Crippen LogP contribution in [0.5, 0.6) is 5.75 Å². The Kier molecular flexibility index (Phi) is 8.31. The second-order valence-corrected chi connectivity index (χ2v) is 7.79. The van der Waals surface area contributed by atoms with Gasteiger partial charge in [0.25, 0.3) is 0 Å². The van der Waals surface area contributed by atoms with E-state index in [1.54, 1.807) is 0 Å². The molecule has 2 atom stereocenters. The van der Waals surface area contributed by atoms with Crippen LogP contribution >= 0.6 is 0 Å². The largest absolute Gasteiger partial charge is 0.573 e. The number of anilines is 1. The molecule has 1 amide bonds. The second kappa shape index (κ2) is 10.3. The molecule has 1 aliphatic rings. The summed E-state index contributed by atoms with van der Waals surface area (Å²) >= 11 is 0. The molecule has 1 aromatic rings. The van der Waals surface area contributed by atoms with Crippen molar-refractivity contribution >= 4 is 11.8 Å². The summed E-state index contributed by atoms with van der Waals surface area (Å²) < 4.78 is 125.